The summed E-state index contributed by atoms with van der Waals surface area (Å²) >= 11 is 1.84. The van der Waals surface area contributed by atoms with E-state index < -0.39 is 0 Å². The van der Waals surface area contributed by atoms with Crippen LogP contribution in [0.25, 0.3) is 0 Å². The summed E-state index contributed by atoms with van der Waals surface area (Å²) in [6.07, 6.45) is 6.50. The van der Waals surface area contributed by atoms with Crippen LogP contribution in [0, 0.1) is 5.92 Å². The van der Waals surface area contributed by atoms with E-state index in [0.29, 0.717) is 6.04 Å². The molecule has 0 aliphatic carbocycles. The topological polar surface area (TPSA) is 29.3 Å². The van der Waals surface area contributed by atoms with Gasteiger partial charge in [-0.2, -0.15) is 0 Å². The Morgan fingerprint density at radius 2 is 2.12 bits per heavy atom. The van der Waals surface area contributed by atoms with Gasteiger partial charge in [0.15, 0.2) is 0 Å². The van der Waals surface area contributed by atoms with Crippen molar-refractivity contribution in [2.75, 3.05) is 7.05 Å². The Morgan fingerprint density at radius 3 is 2.71 bits per heavy atom. The van der Waals surface area contributed by atoms with E-state index >= 15 is 0 Å². The summed E-state index contributed by atoms with van der Waals surface area (Å²) in [5.74, 6) is 0.741. The van der Waals surface area contributed by atoms with Crippen molar-refractivity contribution < 1.29 is 0 Å². The molecule has 17 heavy (non-hydrogen) atoms. The summed E-state index contributed by atoms with van der Waals surface area (Å²) in [4.78, 5) is 4.04. The van der Waals surface area contributed by atoms with Crippen LogP contribution in [0.4, 0.5) is 0 Å². The van der Waals surface area contributed by atoms with Crippen molar-refractivity contribution in [2.45, 2.75) is 50.2 Å². The minimum Gasteiger partial charge on any atom is -0.327 e. The molecule has 2 fully saturated rings. The van der Waals surface area contributed by atoms with E-state index in [0.717, 1.165) is 24.4 Å². The SMILES string of the molecule is CN1C2CCC1CC(C(N)Cc1cccs1)C2. The third-order valence-electron chi connectivity index (χ3n) is 4.76. The zero-order valence-corrected chi connectivity index (χ0v) is 11.3. The molecule has 0 spiro atoms. The van der Waals surface area contributed by atoms with Gasteiger partial charge in [-0.3, -0.25) is 0 Å². The molecule has 0 amide bonds. The van der Waals surface area contributed by atoms with Gasteiger partial charge in [-0.15, -0.1) is 11.3 Å². The van der Waals surface area contributed by atoms with E-state index in [4.69, 9.17) is 5.73 Å². The van der Waals surface area contributed by atoms with Gasteiger partial charge in [0.25, 0.3) is 0 Å². The third kappa shape index (κ3) is 2.28. The van der Waals surface area contributed by atoms with Crippen molar-refractivity contribution >= 4 is 11.3 Å². The molecule has 3 atom stereocenters. The lowest BCUT2D eigenvalue weighted by molar-refractivity contribution is 0.121. The number of piperidine rings is 1. The summed E-state index contributed by atoms with van der Waals surface area (Å²) in [6.45, 7) is 0. The van der Waals surface area contributed by atoms with Crippen LogP contribution in [0.5, 0.6) is 0 Å². The van der Waals surface area contributed by atoms with Gasteiger partial charge in [0, 0.05) is 23.0 Å². The van der Waals surface area contributed by atoms with Gasteiger partial charge in [-0.05, 0) is 56.5 Å². The largest absolute Gasteiger partial charge is 0.327 e. The Hall–Kier alpha value is -0.380. The van der Waals surface area contributed by atoms with Crippen LogP contribution in [-0.4, -0.2) is 30.1 Å². The van der Waals surface area contributed by atoms with Gasteiger partial charge >= 0.3 is 0 Å². The molecule has 2 nitrogen and oxygen atoms in total. The second kappa shape index (κ2) is 4.71. The molecule has 2 bridgehead atoms. The zero-order chi connectivity index (χ0) is 11.8. The normalized spacial score (nSPS) is 35.1. The molecule has 0 aromatic carbocycles. The first-order valence-corrected chi connectivity index (χ1v) is 7.62. The Morgan fingerprint density at radius 1 is 1.41 bits per heavy atom. The number of thiophene rings is 1. The van der Waals surface area contributed by atoms with Gasteiger partial charge in [0.2, 0.25) is 0 Å². The van der Waals surface area contributed by atoms with E-state index in [9.17, 15) is 0 Å². The van der Waals surface area contributed by atoms with Crippen LogP contribution in [-0.2, 0) is 6.42 Å². The molecule has 0 radical (unpaired) electrons. The number of hydrogen-bond acceptors (Lipinski definition) is 3. The molecule has 1 aromatic heterocycles. The number of fused-ring (bicyclic) bond motifs is 2. The molecule has 2 aliphatic rings. The lowest BCUT2D eigenvalue weighted by atomic mass is 9.84. The predicted molar refractivity (Wildman–Crippen MR) is 73.3 cm³/mol. The highest BCUT2D eigenvalue weighted by molar-refractivity contribution is 7.09. The van der Waals surface area contributed by atoms with Crippen molar-refractivity contribution in [3.05, 3.63) is 22.4 Å². The molecule has 3 heterocycles. The Bertz CT molecular complexity index is 348. The smallest absolute Gasteiger partial charge is 0.0117 e. The van der Waals surface area contributed by atoms with Gasteiger partial charge in [0.1, 0.15) is 0 Å². The standard InChI is InChI=1S/C14H22N2S/c1-16-11-4-5-12(16)8-10(7-11)14(15)9-13-3-2-6-17-13/h2-3,6,10-12,14H,4-5,7-9,15H2,1H3. The van der Waals surface area contributed by atoms with Crippen LogP contribution in [0.1, 0.15) is 30.6 Å². The maximum absolute atomic E-state index is 6.43. The summed E-state index contributed by atoms with van der Waals surface area (Å²) < 4.78 is 0. The lowest BCUT2D eigenvalue weighted by Crippen LogP contribution is -2.46. The molecule has 2 aliphatic heterocycles. The second-order valence-corrected chi connectivity index (χ2v) is 6.76. The van der Waals surface area contributed by atoms with Gasteiger partial charge in [-0.1, -0.05) is 6.07 Å². The van der Waals surface area contributed by atoms with Crippen LogP contribution in [0.15, 0.2) is 17.5 Å². The van der Waals surface area contributed by atoms with E-state index in [1.54, 1.807) is 0 Å². The second-order valence-electron chi connectivity index (χ2n) is 5.73. The molecule has 3 rings (SSSR count). The molecule has 3 unspecified atom stereocenters. The van der Waals surface area contributed by atoms with Gasteiger partial charge in [-0.25, -0.2) is 0 Å². The molecule has 0 saturated carbocycles. The number of rotatable bonds is 3. The fourth-order valence-corrected chi connectivity index (χ4v) is 4.41. The quantitative estimate of drug-likeness (QED) is 0.893. The maximum Gasteiger partial charge on any atom is 0.0117 e. The molecule has 1 aromatic rings. The highest BCUT2D eigenvalue weighted by Crippen LogP contribution is 2.38. The van der Waals surface area contributed by atoms with Crippen molar-refractivity contribution in [3.63, 3.8) is 0 Å². The van der Waals surface area contributed by atoms with Crippen LogP contribution in [0.2, 0.25) is 0 Å². The average Bonchev–Trinajstić information content (AvgIpc) is 2.86. The minimum atomic E-state index is 0.366. The van der Waals surface area contributed by atoms with Crippen molar-refractivity contribution in [3.8, 4) is 0 Å². The van der Waals surface area contributed by atoms with Crippen molar-refractivity contribution in [1.82, 2.24) is 4.90 Å². The Kier molecular flexibility index (Phi) is 3.24. The fourth-order valence-electron chi connectivity index (χ4n) is 3.63. The number of nitrogens with zero attached hydrogens (tertiary/aromatic N) is 1. The lowest BCUT2D eigenvalue weighted by Gasteiger charge is -2.38. The predicted octanol–water partition coefficient (Wildman–Crippen LogP) is 2.49. The Balaban J connectivity index is 1.62. The summed E-state index contributed by atoms with van der Waals surface area (Å²) in [5.41, 5.74) is 6.43. The van der Waals surface area contributed by atoms with Gasteiger partial charge < -0.3 is 10.6 Å². The Labute approximate surface area is 108 Å². The summed E-state index contributed by atoms with van der Waals surface area (Å²) in [7, 11) is 2.29. The van der Waals surface area contributed by atoms with Crippen molar-refractivity contribution in [1.29, 1.82) is 0 Å². The molecule has 2 N–H and O–H groups in total. The molecular weight excluding hydrogens is 228 g/mol. The highest BCUT2D eigenvalue weighted by atomic mass is 32.1. The molecule has 3 heteroatoms. The molecule has 94 valence electrons. The summed E-state index contributed by atoms with van der Waals surface area (Å²) in [5, 5.41) is 2.15. The first kappa shape index (κ1) is 11.7. The van der Waals surface area contributed by atoms with Crippen LogP contribution >= 0.6 is 11.3 Å². The number of hydrogen-bond donors (Lipinski definition) is 1. The van der Waals surface area contributed by atoms with E-state index in [2.05, 4.69) is 29.5 Å². The van der Waals surface area contributed by atoms with Crippen LogP contribution in [0.3, 0.4) is 0 Å². The zero-order valence-electron chi connectivity index (χ0n) is 10.5. The van der Waals surface area contributed by atoms with E-state index in [1.807, 2.05) is 11.3 Å². The third-order valence-corrected chi connectivity index (χ3v) is 5.66. The van der Waals surface area contributed by atoms with E-state index in [1.165, 1.54) is 30.6 Å². The number of nitrogens with two attached hydrogens (primary N) is 1. The highest BCUT2D eigenvalue weighted by Gasteiger charge is 2.40. The maximum atomic E-state index is 6.43. The molecule has 2 saturated heterocycles. The average molecular weight is 250 g/mol. The van der Waals surface area contributed by atoms with Gasteiger partial charge in [0.05, 0.1) is 0 Å². The minimum absolute atomic E-state index is 0.366. The van der Waals surface area contributed by atoms with Crippen molar-refractivity contribution in [2.24, 2.45) is 11.7 Å². The first-order valence-electron chi connectivity index (χ1n) is 6.74. The van der Waals surface area contributed by atoms with E-state index in [-0.39, 0.29) is 0 Å². The summed E-state index contributed by atoms with van der Waals surface area (Å²) in [6, 6.07) is 6.34. The molecular formula is C14H22N2S. The first-order chi connectivity index (χ1) is 8.24. The monoisotopic (exact) mass is 250 g/mol. The fraction of sp³-hybridized carbons (Fsp3) is 0.714. The van der Waals surface area contributed by atoms with Crippen LogP contribution < -0.4 is 5.73 Å².